The lowest BCUT2D eigenvalue weighted by Gasteiger charge is -2.42. The zero-order valence-electron chi connectivity index (χ0n) is 19.0. The lowest BCUT2D eigenvalue weighted by Crippen LogP contribution is -2.59. The summed E-state index contributed by atoms with van der Waals surface area (Å²) in [5.74, 6) is -1.44. The topological polar surface area (TPSA) is 73.0 Å². The number of nitrogens with one attached hydrogen (secondary N) is 1. The van der Waals surface area contributed by atoms with Gasteiger partial charge in [0.05, 0.1) is 0 Å². The van der Waals surface area contributed by atoms with Crippen LogP contribution in [0, 0.1) is 19.7 Å². The SMILES string of the molecule is Cc1cccc(NC(=O)N2CCC(N3CCN(Cc4cccc(F)c4)C(=O)C3=O)CC2)c1C. The molecule has 2 heterocycles. The summed E-state index contributed by atoms with van der Waals surface area (Å²) < 4.78 is 13.4. The van der Waals surface area contributed by atoms with Gasteiger partial charge in [0, 0.05) is 44.5 Å². The van der Waals surface area contributed by atoms with Crippen LogP contribution in [0.5, 0.6) is 0 Å². The molecule has 0 atom stereocenters. The summed E-state index contributed by atoms with van der Waals surface area (Å²) in [6.45, 7) is 6.10. The third kappa shape index (κ3) is 4.99. The van der Waals surface area contributed by atoms with Crippen LogP contribution in [0.3, 0.4) is 0 Å². The number of piperidine rings is 1. The number of rotatable bonds is 4. The standard InChI is InChI=1S/C25H29FN4O3/c1-17-5-3-8-22(18(17)2)27-25(33)28-11-9-21(10-12-28)30-14-13-29(23(31)24(30)32)16-19-6-4-7-20(26)15-19/h3-8,15,21H,9-14,16H2,1-2H3,(H,27,33). The first-order chi connectivity index (χ1) is 15.8. The van der Waals surface area contributed by atoms with E-state index in [1.165, 1.54) is 17.0 Å². The highest BCUT2D eigenvalue weighted by Gasteiger charge is 2.38. The quantitative estimate of drug-likeness (QED) is 0.724. The normalized spacial score (nSPS) is 17.5. The second-order valence-corrected chi connectivity index (χ2v) is 8.75. The zero-order chi connectivity index (χ0) is 23.5. The van der Waals surface area contributed by atoms with E-state index in [0.717, 1.165) is 16.8 Å². The van der Waals surface area contributed by atoms with E-state index in [-0.39, 0.29) is 24.4 Å². The molecular formula is C25H29FN4O3. The van der Waals surface area contributed by atoms with E-state index >= 15 is 0 Å². The van der Waals surface area contributed by atoms with Crippen molar-refractivity contribution in [2.45, 2.75) is 39.3 Å². The predicted octanol–water partition coefficient (Wildman–Crippen LogP) is 3.31. The number of hydrogen-bond donors (Lipinski definition) is 1. The highest BCUT2D eigenvalue weighted by molar-refractivity contribution is 6.35. The molecule has 0 saturated carbocycles. The van der Waals surface area contributed by atoms with Gasteiger partial charge in [0.1, 0.15) is 5.82 Å². The van der Waals surface area contributed by atoms with Gasteiger partial charge in [-0.15, -0.1) is 0 Å². The van der Waals surface area contributed by atoms with Crippen molar-refractivity contribution in [2.75, 3.05) is 31.5 Å². The lowest BCUT2D eigenvalue weighted by atomic mass is 10.0. The fraction of sp³-hybridized carbons (Fsp3) is 0.400. The van der Waals surface area contributed by atoms with Gasteiger partial charge in [-0.05, 0) is 61.6 Å². The van der Waals surface area contributed by atoms with Crippen molar-refractivity contribution in [1.29, 1.82) is 0 Å². The van der Waals surface area contributed by atoms with E-state index < -0.39 is 11.8 Å². The molecule has 174 valence electrons. The van der Waals surface area contributed by atoms with E-state index in [2.05, 4.69) is 5.32 Å². The second-order valence-electron chi connectivity index (χ2n) is 8.75. The number of carbonyl (C=O) groups excluding carboxylic acids is 3. The summed E-state index contributed by atoms with van der Waals surface area (Å²) in [6, 6.07) is 11.7. The molecule has 2 aliphatic heterocycles. The largest absolute Gasteiger partial charge is 0.330 e. The van der Waals surface area contributed by atoms with Gasteiger partial charge in [0.2, 0.25) is 0 Å². The van der Waals surface area contributed by atoms with Crippen LogP contribution >= 0.6 is 0 Å². The number of piperazine rings is 1. The van der Waals surface area contributed by atoms with Gasteiger partial charge in [-0.2, -0.15) is 0 Å². The molecule has 2 fully saturated rings. The maximum absolute atomic E-state index is 13.4. The van der Waals surface area contributed by atoms with Crippen molar-refractivity contribution in [1.82, 2.24) is 14.7 Å². The minimum atomic E-state index is -0.555. The fourth-order valence-corrected chi connectivity index (χ4v) is 4.51. The van der Waals surface area contributed by atoms with E-state index in [4.69, 9.17) is 0 Å². The summed E-state index contributed by atoms with van der Waals surface area (Å²) in [7, 11) is 0. The maximum Gasteiger partial charge on any atom is 0.321 e. The van der Waals surface area contributed by atoms with Gasteiger partial charge in [0.25, 0.3) is 0 Å². The lowest BCUT2D eigenvalue weighted by molar-refractivity contribution is -0.158. The highest BCUT2D eigenvalue weighted by Crippen LogP contribution is 2.23. The van der Waals surface area contributed by atoms with Gasteiger partial charge < -0.3 is 20.0 Å². The summed E-state index contributed by atoms with van der Waals surface area (Å²) >= 11 is 0. The summed E-state index contributed by atoms with van der Waals surface area (Å²) in [4.78, 5) is 43.0. The molecule has 1 N–H and O–H groups in total. The second kappa shape index (κ2) is 9.60. The third-order valence-electron chi connectivity index (χ3n) is 6.64. The monoisotopic (exact) mass is 452 g/mol. The molecule has 2 saturated heterocycles. The smallest absolute Gasteiger partial charge is 0.321 e. The summed E-state index contributed by atoms with van der Waals surface area (Å²) in [5.41, 5.74) is 3.62. The number of halogens is 1. The Morgan fingerprint density at radius 3 is 2.45 bits per heavy atom. The summed E-state index contributed by atoms with van der Waals surface area (Å²) in [5, 5.41) is 2.98. The Labute approximate surface area is 193 Å². The van der Waals surface area contributed by atoms with Crippen LogP contribution in [0.15, 0.2) is 42.5 Å². The molecule has 0 bridgehead atoms. The van der Waals surface area contributed by atoms with Crippen molar-refractivity contribution in [3.8, 4) is 0 Å². The molecule has 2 aliphatic rings. The predicted molar refractivity (Wildman–Crippen MR) is 123 cm³/mol. The van der Waals surface area contributed by atoms with Gasteiger partial charge in [-0.3, -0.25) is 9.59 Å². The van der Waals surface area contributed by atoms with Crippen LogP contribution in [-0.4, -0.2) is 64.8 Å². The van der Waals surface area contributed by atoms with Crippen LogP contribution in [0.25, 0.3) is 0 Å². The molecule has 2 aromatic carbocycles. The van der Waals surface area contributed by atoms with Gasteiger partial charge in [-0.1, -0.05) is 24.3 Å². The van der Waals surface area contributed by atoms with Crippen molar-refractivity contribution in [2.24, 2.45) is 0 Å². The van der Waals surface area contributed by atoms with Crippen molar-refractivity contribution in [3.63, 3.8) is 0 Å². The first-order valence-electron chi connectivity index (χ1n) is 11.3. The van der Waals surface area contributed by atoms with E-state index in [1.54, 1.807) is 21.9 Å². The molecule has 0 spiro atoms. The van der Waals surface area contributed by atoms with Gasteiger partial charge >= 0.3 is 17.8 Å². The van der Waals surface area contributed by atoms with E-state index in [1.807, 2.05) is 32.0 Å². The Hall–Kier alpha value is -3.42. The Kier molecular flexibility index (Phi) is 6.62. The molecule has 2 aromatic rings. The molecule has 4 amide bonds. The van der Waals surface area contributed by atoms with Gasteiger partial charge in [-0.25, -0.2) is 9.18 Å². The summed E-state index contributed by atoms with van der Waals surface area (Å²) in [6.07, 6.45) is 1.26. The van der Waals surface area contributed by atoms with Crippen LogP contribution in [0.4, 0.5) is 14.9 Å². The third-order valence-corrected chi connectivity index (χ3v) is 6.64. The average molecular weight is 453 g/mol. The minimum Gasteiger partial charge on any atom is -0.330 e. The zero-order valence-corrected chi connectivity index (χ0v) is 19.0. The molecule has 0 radical (unpaired) electrons. The van der Waals surface area contributed by atoms with Crippen molar-refractivity contribution in [3.05, 3.63) is 65.0 Å². The Bertz CT molecular complexity index is 1070. The first kappa shape index (κ1) is 22.8. The number of anilines is 1. The number of urea groups is 1. The number of nitrogens with zero attached hydrogens (tertiary/aromatic N) is 3. The van der Waals surface area contributed by atoms with Crippen LogP contribution in [0.1, 0.15) is 29.5 Å². The first-order valence-corrected chi connectivity index (χ1v) is 11.3. The Balaban J connectivity index is 1.31. The number of aryl methyl sites for hydroxylation is 1. The molecule has 0 aromatic heterocycles. The number of carbonyl (C=O) groups is 3. The molecule has 0 aliphatic carbocycles. The van der Waals surface area contributed by atoms with Crippen LogP contribution < -0.4 is 5.32 Å². The molecular weight excluding hydrogens is 423 g/mol. The Morgan fingerprint density at radius 1 is 1.00 bits per heavy atom. The van der Waals surface area contributed by atoms with E-state index in [9.17, 15) is 18.8 Å². The highest BCUT2D eigenvalue weighted by atomic mass is 19.1. The number of likely N-dealkylation sites (tertiary alicyclic amines) is 1. The minimum absolute atomic E-state index is 0.0671. The molecule has 0 unspecified atom stereocenters. The maximum atomic E-state index is 13.4. The van der Waals surface area contributed by atoms with E-state index in [0.29, 0.717) is 44.6 Å². The van der Waals surface area contributed by atoms with Crippen molar-refractivity contribution >= 4 is 23.5 Å². The fourth-order valence-electron chi connectivity index (χ4n) is 4.51. The molecule has 8 heteroatoms. The van der Waals surface area contributed by atoms with Crippen LogP contribution in [0.2, 0.25) is 0 Å². The Morgan fingerprint density at radius 2 is 1.73 bits per heavy atom. The average Bonchev–Trinajstić information content (AvgIpc) is 2.80. The van der Waals surface area contributed by atoms with Crippen LogP contribution in [-0.2, 0) is 16.1 Å². The number of amides is 4. The molecule has 7 nitrogen and oxygen atoms in total. The van der Waals surface area contributed by atoms with Crippen molar-refractivity contribution < 1.29 is 18.8 Å². The molecule has 33 heavy (non-hydrogen) atoms. The van der Waals surface area contributed by atoms with Gasteiger partial charge in [0.15, 0.2) is 0 Å². The number of hydrogen-bond acceptors (Lipinski definition) is 3. The number of benzene rings is 2. The molecule has 4 rings (SSSR count).